The number of para-hydroxylation sites is 1. The maximum absolute atomic E-state index is 3.82. The lowest BCUT2D eigenvalue weighted by atomic mass is 9.93. The molecule has 2 aliphatic rings. The maximum atomic E-state index is 3.82. The van der Waals surface area contributed by atoms with Crippen LogP contribution in [0.1, 0.15) is 31.2 Å². The third kappa shape index (κ3) is 5.33. The summed E-state index contributed by atoms with van der Waals surface area (Å²) in [5, 5.41) is 3.82. The Hall–Kier alpha value is -1.84. The number of hydrogen-bond acceptors (Lipinski definition) is 3. The van der Waals surface area contributed by atoms with Gasteiger partial charge in [0.1, 0.15) is 0 Å². The highest BCUT2D eigenvalue weighted by molar-refractivity contribution is 5.47. The number of hydrogen-bond donors (Lipinski definition) is 1. The first-order chi connectivity index (χ1) is 13.4. The van der Waals surface area contributed by atoms with Gasteiger partial charge in [-0.2, -0.15) is 0 Å². The lowest BCUT2D eigenvalue weighted by molar-refractivity contribution is 0.171. The van der Waals surface area contributed by atoms with Gasteiger partial charge in [0.05, 0.1) is 0 Å². The van der Waals surface area contributed by atoms with Gasteiger partial charge in [-0.25, -0.2) is 0 Å². The van der Waals surface area contributed by atoms with Crippen molar-refractivity contribution in [2.75, 3.05) is 37.6 Å². The van der Waals surface area contributed by atoms with Gasteiger partial charge in [0.25, 0.3) is 0 Å². The number of nitrogens with one attached hydrogen (secondary N) is 1. The molecule has 0 aliphatic carbocycles. The van der Waals surface area contributed by atoms with E-state index in [1.165, 1.54) is 63.1 Å². The van der Waals surface area contributed by atoms with Gasteiger partial charge in [0.15, 0.2) is 0 Å². The van der Waals surface area contributed by atoms with Crippen LogP contribution in [0.25, 0.3) is 0 Å². The Balaban J connectivity index is 1.12. The van der Waals surface area contributed by atoms with E-state index in [0.29, 0.717) is 6.04 Å². The molecule has 0 amide bonds. The largest absolute Gasteiger partial charge is 0.370 e. The van der Waals surface area contributed by atoms with Crippen LogP contribution in [0.3, 0.4) is 0 Å². The van der Waals surface area contributed by atoms with Crippen molar-refractivity contribution in [3.63, 3.8) is 0 Å². The van der Waals surface area contributed by atoms with E-state index in [9.17, 15) is 0 Å². The highest BCUT2D eigenvalue weighted by Crippen LogP contribution is 2.23. The number of likely N-dealkylation sites (tertiary alicyclic amines) is 1. The highest BCUT2D eigenvalue weighted by atomic mass is 15.2. The van der Waals surface area contributed by atoms with Gasteiger partial charge in [-0.1, -0.05) is 48.5 Å². The van der Waals surface area contributed by atoms with Crippen LogP contribution in [-0.4, -0.2) is 43.7 Å². The van der Waals surface area contributed by atoms with Crippen molar-refractivity contribution in [2.45, 2.75) is 38.3 Å². The Morgan fingerprint density at radius 2 is 1.52 bits per heavy atom. The summed E-state index contributed by atoms with van der Waals surface area (Å²) in [7, 11) is 0. The first kappa shape index (κ1) is 18.5. The Morgan fingerprint density at radius 3 is 2.26 bits per heavy atom. The molecule has 0 saturated carbocycles. The molecular formula is C24H33N3. The van der Waals surface area contributed by atoms with Crippen LogP contribution in [0.2, 0.25) is 0 Å². The van der Waals surface area contributed by atoms with Crippen LogP contribution in [0.15, 0.2) is 60.7 Å². The van der Waals surface area contributed by atoms with Gasteiger partial charge in [0, 0.05) is 31.4 Å². The standard InChI is InChI=1S/C24H33N3/c1-3-7-22(8-4-1)19-26-16-12-21(13-17-26)11-15-25-23-14-18-27(20-23)24-9-5-2-6-10-24/h1-10,21,23,25H,11-20H2. The molecule has 1 unspecified atom stereocenters. The van der Waals surface area contributed by atoms with E-state index >= 15 is 0 Å². The third-order valence-electron chi connectivity index (χ3n) is 6.25. The number of piperidine rings is 1. The summed E-state index contributed by atoms with van der Waals surface area (Å²) >= 11 is 0. The van der Waals surface area contributed by atoms with Crippen molar-refractivity contribution in [2.24, 2.45) is 5.92 Å². The summed E-state index contributed by atoms with van der Waals surface area (Å²) in [4.78, 5) is 5.13. The summed E-state index contributed by atoms with van der Waals surface area (Å²) < 4.78 is 0. The number of rotatable bonds is 7. The molecule has 27 heavy (non-hydrogen) atoms. The van der Waals surface area contributed by atoms with E-state index < -0.39 is 0 Å². The Kier molecular flexibility index (Phi) is 6.44. The lowest BCUT2D eigenvalue weighted by Crippen LogP contribution is -2.36. The molecule has 2 saturated heterocycles. The van der Waals surface area contributed by atoms with E-state index in [2.05, 4.69) is 75.8 Å². The molecule has 2 heterocycles. The molecule has 1 atom stereocenters. The minimum atomic E-state index is 0.656. The molecule has 2 aromatic carbocycles. The second-order valence-electron chi connectivity index (χ2n) is 8.22. The van der Waals surface area contributed by atoms with E-state index in [4.69, 9.17) is 0 Å². The minimum Gasteiger partial charge on any atom is -0.370 e. The minimum absolute atomic E-state index is 0.656. The fourth-order valence-corrected chi connectivity index (χ4v) is 4.57. The second kappa shape index (κ2) is 9.38. The fraction of sp³-hybridized carbons (Fsp3) is 0.500. The molecular weight excluding hydrogens is 330 g/mol. The van der Waals surface area contributed by atoms with Gasteiger partial charge in [0.2, 0.25) is 0 Å². The summed E-state index contributed by atoms with van der Waals surface area (Å²) in [6.07, 6.45) is 5.32. The monoisotopic (exact) mass is 363 g/mol. The van der Waals surface area contributed by atoms with Gasteiger partial charge >= 0.3 is 0 Å². The molecule has 0 aromatic heterocycles. The van der Waals surface area contributed by atoms with Crippen LogP contribution in [0.5, 0.6) is 0 Å². The van der Waals surface area contributed by atoms with Gasteiger partial charge in [-0.3, -0.25) is 4.90 Å². The predicted molar refractivity (Wildman–Crippen MR) is 114 cm³/mol. The zero-order valence-corrected chi connectivity index (χ0v) is 16.4. The Bertz CT molecular complexity index is 665. The smallest absolute Gasteiger partial charge is 0.0366 e. The first-order valence-corrected chi connectivity index (χ1v) is 10.7. The van der Waals surface area contributed by atoms with Crippen molar-refractivity contribution in [1.29, 1.82) is 0 Å². The van der Waals surface area contributed by atoms with Gasteiger partial charge in [-0.15, -0.1) is 0 Å². The molecule has 2 fully saturated rings. The summed E-state index contributed by atoms with van der Waals surface area (Å²) in [5.74, 6) is 0.899. The van der Waals surface area contributed by atoms with Crippen LogP contribution in [0, 0.1) is 5.92 Å². The van der Waals surface area contributed by atoms with Crippen LogP contribution >= 0.6 is 0 Å². The van der Waals surface area contributed by atoms with Gasteiger partial charge < -0.3 is 10.2 Å². The van der Waals surface area contributed by atoms with Crippen molar-refractivity contribution in [1.82, 2.24) is 10.2 Å². The molecule has 4 rings (SSSR count). The lowest BCUT2D eigenvalue weighted by Gasteiger charge is -2.32. The summed E-state index contributed by atoms with van der Waals surface area (Å²) in [6.45, 7) is 7.13. The molecule has 144 valence electrons. The molecule has 3 heteroatoms. The van der Waals surface area contributed by atoms with Crippen molar-refractivity contribution in [3.8, 4) is 0 Å². The SMILES string of the molecule is c1ccc(CN2CCC(CCNC3CCN(c4ccccc4)C3)CC2)cc1. The fourth-order valence-electron chi connectivity index (χ4n) is 4.57. The van der Waals surface area contributed by atoms with Crippen molar-refractivity contribution < 1.29 is 0 Å². The van der Waals surface area contributed by atoms with Crippen LogP contribution < -0.4 is 10.2 Å². The highest BCUT2D eigenvalue weighted by Gasteiger charge is 2.23. The van der Waals surface area contributed by atoms with E-state index in [1.54, 1.807) is 0 Å². The molecule has 2 aromatic rings. The zero-order valence-electron chi connectivity index (χ0n) is 16.4. The summed E-state index contributed by atoms with van der Waals surface area (Å²) in [5.41, 5.74) is 2.81. The first-order valence-electron chi connectivity index (χ1n) is 10.7. The van der Waals surface area contributed by atoms with Crippen molar-refractivity contribution in [3.05, 3.63) is 66.2 Å². The number of nitrogens with zero attached hydrogens (tertiary/aromatic N) is 2. The molecule has 2 aliphatic heterocycles. The Labute approximate surface area is 164 Å². The second-order valence-corrected chi connectivity index (χ2v) is 8.22. The average Bonchev–Trinajstić information content (AvgIpc) is 3.20. The Morgan fingerprint density at radius 1 is 0.815 bits per heavy atom. The maximum Gasteiger partial charge on any atom is 0.0366 e. The molecule has 0 bridgehead atoms. The van der Waals surface area contributed by atoms with Crippen LogP contribution in [0.4, 0.5) is 5.69 Å². The van der Waals surface area contributed by atoms with Crippen LogP contribution in [-0.2, 0) is 6.54 Å². The molecule has 0 radical (unpaired) electrons. The third-order valence-corrected chi connectivity index (χ3v) is 6.25. The molecule has 3 nitrogen and oxygen atoms in total. The van der Waals surface area contributed by atoms with Gasteiger partial charge in [-0.05, 0) is 68.9 Å². The predicted octanol–water partition coefficient (Wildman–Crippen LogP) is 4.16. The summed E-state index contributed by atoms with van der Waals surface area (Å²) in [6, 6.07) is 22.4. The quantitative estimate of drug-likeness (QED) is 0.797. The normalized spacial score (nSPS) is 21.6. The van der Waals surface area contributed by atoms with E-state index in [0.717, 1.165) is 19.0 Å². The topological polar surface area (TPSA) is 18.5 Å². The number of anilines is 1. The number of benzene rings is 2. The molecule has 1 N–H and O–H groups in total. The molecule has 0 spiro atoms. The zero-order chi connectivity index (χ0) is 18.3. The van der Waals surface area contributed by atoms with Crippen molar-refractivity contribution >= 4 is 5.69 Å². The average molecular weight is 364 g/mol. The van der Waals surface area contributed by atoms with E-state index in [-0.39, 0.29) is 0 Å². The van der Waals surface area contributed by atoms with E-state index in [1.807, 2.05) is 0 Å².